The van der Waals surface area contributed by atoms with Gasteiger partial charge < -0.3 is 10.2 Å². The summed E-state index contributed by atoms with van der Waals surface area (Å²) in [7, 11) is -3.81. The molecule has 0 radical (unpaired) electrons. The Balaban J connectivity index is 2.45. The lowest BCUT2D eigenvalue weighted by Crippen LogP contribution is -2.52. The maximum absolute atomic E-state index is 13.6. The van der Waals surface area contributed by atoms with Crippen LogP contribution in [0.5, 0.6) is 0 Å². The van der Waals surface area contributed by atoms with Crippen molar-refractivity contribution in [2.75, 3.05) is 17.1 Å². The molecule has 0 unspecified atom stereocenters. The largest absolute Gasteiger partial charge is 0.352 e. The summed E-state index contributed by atoms with van der Waals surface area (Å²) in [6, 6.07) is 11.6. The van der Waals surface area contributed by atoms with E-state index in [1.165, 1.54) is 11.0 Å². The van der Waals surface area contributed by atoms with Crippen molar-refractivity contribution >= 4 is 39.1 Å². The van der Waals surface area contributed by atoms with Crippen LogP contribution in [0.4, 0.5) is 5.69 Å². The van der Waals surface area contributed by atoms with Gasteiger partial charge in [0.2, 0.25) is 21.8 Å². The quantitative estimate of drug-likeness (QED) is 0.525. The van der Waals surface area contributed by atoms with Crippen LogP contribution in [0.25, 0.3) is 0 Å². The molecule has 2 rings (SSSR count). The Morgan fingerprint density at radius 1 is 1.06 bits per heavy atom. The van der Waals surface area contributed by atoms with E-state index in [1.807, 2.05) is 45.0 Å². The van der Waals surface area contributed by atoms with Crippen LogP contribution in [-0.2, 0) is 26.2 Å². The summed E-state index contributed by atoms with van der Waals surface area (Å²) in [5, 5.41) is 3.28. The van der Waals surface area contributed by atoms with Gasteiger partial charge in [0.15, 0.2) is 0 Å². The minimum Gasteiger partial charge on any atom is -0.352 e. The van der Waals surface area contributed by atoms with Crippen LogP contribution in [0.1, 0.15) is 43.9 Å². The Morgan fingerprint density at radius 2 is 1.71 bits per heavy atom. The monoisotopic (exact) mass is 507 g/mol. The number of halogens is 1. The Kier molecular flexibility index (Phi) is 9.53. The fourth-order valence-corrected chi connectivity index (χ4v) is 4.53. The van der Waals surface area contributed by atoms with Crippen molar-refractivity contribution in [1.29, 1.82) is 0 Å². The first-order chi connectivity index (χ1) is 15.8. The number of anilines is 1. The molecule has 0 saturated carbocycles. The number of rotatable bonds is 10. The zero-order valence-electron chi connectivity index (χ0n) is 20.6. The highest BCUT2D eigenvalue weighted by atomic mass is 35.5. The summed E-state index contributed by atoms with van der Waals surface area (Å²) in [5.74, 6) is -0.777. The SMILES string of the molecule is CC[C@@H](C)NC(=O)[C@H](C)N(Cc1ccccc1C)C(=O)CN(c1cc(Cl)ccc1C)S(C)(=O)=O. The summed E-state index contributed by atoms with van der Waals surface area (Å²) < 4.78 is 26.4. The fourth-order valence-electron chi connectivity index (χ4n) is 3.47. The molecule has 2 atom stereocenters. The van der Waals surface area contributed by atoms with Crippen molar-refractivity contribution in [3.63, 3.8) is 0 Å². The number of carbonyl (C=O) groups is 2. The molecule has 34 heavy (non-hydrogen) atoms. The number of hydrogen-bond donors (Lipinski definition) is 1. The summed E-state index contributed by atoms with van der Waals surface area (Å²) in [6.07, 6.45) is 1.80. The second-order valence-electron chi connectivity index (χ2n) is 8.64. The van der Waals surface area contributed by atoms with Crippen molar-refractivity contribution in [2.45, 2.75) is 59.7 Å². The number of hydrogen-bond acceptors (Lipinski definition) is 4. The summed E-state index contributed by atoms with van der Waals surface area (Å²) in [6.45, 7) is 8.92. The average Bonchev–Trinajstić information content (AvgIpc) is 2.77. The molecule has 2 aromatic rings. The number of amides is 2. The molecule has 2 amide bonds. The Bertz CT molecular complexity index is 1140. The van der Waals surface area contributed by atoms with E-state index in [0.717, 1.165) is 28.1 Å². The molecule has 1 N–H and O–H groups in total. The van der Waals surface area contributed by atoms with Crippen molar-refractivity contribution in [3.05, 3.63) is 64.2 Å². The van der Waals surface area contributed by atoms with Gasteiger partial charge in [-0.15, -0.1) is 0 Å². The molecule has 0 heterocycles. The van der Waals surface area contributed by atoms with Gasteiger partial charge in [-0.05, 0) is 62.9 Å². The van der Waals surface area contributed by atoms with Crippen LogP contribution in [0, 0.1) is 13.8 Å². The molecule has 186 valence electrons. The number of benzene rings is 2. The third kappa shape index (κ3) is 7.21. The van der Waals surface area contributed by atoms with E-state index < -0.39 is 28.5 Å². The first-order valence-corrected chi connectivity index (χ1v) is 13.5. The van der Waals surface area contributed by atoms with Gasteiger partial charge >= 0.3 is 0 Å². The molecule has 0 spiro atoms. The Labute approximate surface area is 208 Å². The first kappa shape index (κ1) is 27.7. The van der Waals surface area contributed by atoms with Crippen LogP contribution < -0.4 is 9.62 Å². The van der Waals surface area contributed by atoms with Crippen LogP contribution in [-0.4, -0.2) is 50.0 Å². The van der Waals surface area contributed by atoms with Gasteiger partial charge in [0, 0.05) is 17.6 Å². The van der Waals surface area contributed by atoms with Crippen molar-refractivity contribution in [2.24, 2.45) is 0 Å². The predicted molar refractivity (Wildman–Crippen MR) is 137 cm³/mol. The average molecular weight is 508 g/mol. The lowest BCUT2D eigenvalue weighted by atomic mass is 10.1. The van der Waals surface area contributed by atoms with E-state index in [1.54, 1.807) is 26.0 Å². The van der Waals surface area contributed by atoms with E-state index in [9.17, 15) is 18.0 Å². The molecule has 0 saturated heterocycles. The maximum Gasteiger partial charge on any atom is 0.244 e. The van der Waals surface area contributed by atoms with E-state index in [2.05, 4.69) is 5.32 Å². The van der Waals surface area contributed by atoms with E-state index in [0.29, 0.717) is 16.3 Å². The predicted octanol–water partition coefficient (Wildman–Crippen LogP) is 4.05. The van der Waals surface area contributed by atoms with E-state index in [4.69, 9.17) is 11.6 Å². The molecule has 0 fully saturated rings. The normalized spacial score (nSPS) is 13.1. The number of aryl methyl sites for hydroxylation is 2. The smallest absolute Gasteiger partial charge is 0.244 e. The van der Waals surface area contributed by atoms with Gasteiger partial charge in [-0.1, -0.05) is 48.9 Å². The van der Waals surface area contributed by atoms with Crippen LogP contribution in [0.3, 0.4) is 0 Å². The summed E-state index contributed by atoms with van der Waals surface area (Å²) in [4.78, 5) is 28.0. The standard InChI is InChI=1S/C25H34ClN3O4S/c1-7-19(4)27-25(31)20(5)28(15-21-11-9-8-10-17(21)2)24(30)16-29(34(6,32)33)23-14-22(26)13-12-18(23)3/h8-14,19-20H,7,15-16H2,1-6H3,(H,27,31)/t19-,20+/m1/s1. The maximum atomic E-state index is 13.6. The summed E-state index contributed by atoms with van der Waals surface area (Å²) >= 11 is 6.12. The highest BCUT2D eigenvalue weighted by Crippen LogP contribution is 2.27. The fraction of sp³-hybridized carbons (Fsp3) is 0.440. The van der Waals surface area contributed by atoms with Gasteiger partial charge in [-0.2, -0.15) is 0 Å². The Hall–Kier alpha value is -2.58. The van der Waals surface area contributed by atoms with Crippen molar-refractivity contribution in [1.82, 2.24) is 10.2 Å². The number of carbonyl (C=O) groups excluding carboxylic acids is 2. The topological polar surface area (TPSA) is 86.8 Å². The zero-order chi connectivity index (χ0) is 25.6. The molecule has 2 aromatic carbocycles. The second kappa shape index (κ2) is 11.7. The minimum atomic E-state index is -3.81. The van der Waals surface area contributed by atoms with Crippen LogP contribution in [0.2, 0.25) is 5.02 Å². The van der Waals surface area contributed by atoms with Crippen LogP contribution >= 0.6 is 11.6 Å². The number of nitrogens with zero attached hydrogens (tertiary/aromatic N) is 2. The van der Waals surface area contributed by atoms with E-state index >= 15 is 0 Å². The van der Waals surface area contributed by atoms with Gasteiger partial charge in [-0.25, -0.2) is 8.42 Å². The molecule has 9 heteroatoms. The van der Waals surface area contributed by atoms with Gasteiger partial charge in [0.25, 0.3) is 0 Å². The second-order valence-corrected chi connectivity index (χ2v) is 11.0. The van der Waals surface area contributed by atoms with Gasteiger partial charge in [0.1, 0.15) is 12.6 Å². The van der Waals surface area contributed by atoms with Gasteiger partial charge in [0.05, 0.1) is 11.9 Å². The summed E-state index contributed by atoms with van der Waals surface area (Å²) in [5.41, 5.74) is 2.84. The minimum absolute atomic E-state index is 0.0491. The molecular formula is C25H34ClN3O4S. The highest BCUT2D eigenvalue weighted by molar-refractivity contribution is 7.92. The first-order valence-electron chi connectivity index (χ1n) is 11.2. The van der Waals surface area contributed by atoms with Crippen molar-refractivity contribution in [3.8, 4) is 0 Å². The highest BCUT2D eigenvalue weighted by Gasteiger charge is 2.31. The zero-order valence-corrected chi connectivity index (χ0v) is 22.2. The third-order valence-electron chi connectivity index (χ3n) is 5.89. The van der Waals surface area contributed by atoms with Crippen molar-refractivity contribution < 1.29 is 18.0 Å². The van der Waals surface area contributed by atoms with Gasteiger partial charge in [-0.3, -0.25) is 13.9 Å². The molecule has 0 bridgehead atoms. The molecule has 0 aliphatic carbocycles. The number of nitrogens with one attached hydrogen (secondary N) is 1. The van der Waals surface area contributed by atoms with E-state index in [-0.39, 0.29) is 18.5 Å². The lowest BCUT2D eigenvalue weighted by Gasteiger charge is -2.32. The molecule has 0 aromatic heterocycles. The number of sulfonamides is 1. The molecule has 0 aliphatic heterocycles. The molecular weight excluding hydrogens is 474 g/mol. The van der Waals surface area contributed by atoms with Crippen LogP contribution in [0.15, 0.2) is 42.5 Å². The Morgan fingerprint density at radius 3 is 2.29 bits per heavy atom. The third-order valence-corrected chi connectivity index (χ3v) is 7.25. The molecule has 7 nitrogen and oxygen atoms in total. The lowest BCUT2D eigenvalue weighted by molar-refractivity contribution is -0.139. The molecule has 0 aliphatic rings.